The molecule has 13 heavy (non-hydrogen) atoms. The molecule has 72 valence electrons. The molecule has 1 rings (SSSR count). The fourth-order valence-electron chi connectivity index (χ4n) is 1.14. The minimum absolute atomic E-state index is 0.209. The van der Waals surface area contributed by atoms with Crippen molar-refractivity contribution in [3.63, 3.8) is 0 Å². The van der Waals surface area contributed by atoms with Crippen molar-refractivity contribution in [3.05, 3.63) is 34.1 Å². The van der Waals surface area contributed by atoms with Crippen LogP contribution < -0.4 is 0 Å². The second-order valence-corrected chi connectivity index (χ2v) is 4.28. The summed E-state index contributed by atoms with van der Waals surface area (Å²) in [6.45, 7) is 2.05. The Morgan fingerprint density at radius 3 is 2.85 bits per heavy atom. The summed E-state index contributed by atoms with van der Waals surface area (Å²) in [5.74, 6) is 0.766. The zero-order valence-electron chi connectivity index (χ0n) is 7.36. The van der Waals surface area contributed by atoms with Gasteiger partial charge in [-0.1, -0.05) is 19.1 Å². The van der Waals surface area contributed by atoms with Crippen molar-refractivity contribution < 1.29 is 4.39 Å². The highest BCUT2D eigenvalue weighted by atomic mass is 79.9. The summed E-state index contributed by atoms with van der Waals surface area (Å²) in [4.78, 5) is 0. The van der Waals surface area contributed by atoms with E-state index in [4.69, 9.17) is 11.6 Å². The van der Waals surface area contributed by atoms with Crippen molar-refractivity contribution >= 4 is 27.5 Å². The van der Waals surface area contributed by atoms with Crippen LogP contribution in [0.3, 0.4) is 0 Å². The minimum atomic E-state index is -0.209. The molecular formula is C10H11BrClF. The maximum Gasteiger partial charge on any atom is 0.137 e. The molecule has 1 aromatic carbocycles. The van der Waals surface area contributed by atoms with E-state index in [9.17, 15) is 4.39 Å². The van der Waals surface area contributed by atoms with Crippen molar-refractivity contribution in [3.8, 4) is 0 Å². The average Bonchev–Trinajstić information content (AvgIpc) is 2.13. The molecule has 0 saturated carbocycles. The van der Waals surface area contributed by atoms with E-state index in [-0.39, 0.29) is 5.82 Å². The van der Waals surface area contributed by atoms with E-state index in [1.807, 2.05) is 13.0 Å². The van der Waals surface area contributed by atoms with Crippen LogP contribution in [0.4, 0.5) is 4.39 Å². The number of halogens is 3. The van der Waals surface area contributed by atoms with Gasteiger partial charge in [0.1, 0.15) is 5.82 Å². The molecule has 3 heteroatoms. The van der Waals surface area contributed by atoms with Gasteiger partial charge in [-0.05, 0) is 39.9 Å². The molecule has 1 unspecified atom stereocenters. The predicted octanol–water partition coefficient (Wildman–Crippen LogP) is 4.01. The van der Waals surface area contributed by atoms with Crippen LogP contribution in [-0.2, 0) is 6.42 Å². The molecule has 0 aliphatic rings. The van der Waals surface area contributed by atoms with Crippen LogP contribution in [0.1, 0.15) is 12.5 Å². The van der Waals surface area contributed by atoms with Gasteiger partial charge in [-0.3, -0.25) is 0 Å². The lowest BCUT2D eigenvalue weighted by atomic mass is 10.0. The summed E-state index contributed by atoms with van der Waals surface area (Å²) >= 11 is 8.90. The summed E-state index contributed by atoms with van der Waals surface area (Å²) < 4.78 is 13.6. The first-order chi connectivity index (χ1) is 6.15. The number of benzene rings is 1. The third kappa shape index (κ3) is 2.96. The number of hydrogen-bond donors (Lipinski definition) is 0. The minimum Gasteiger partial charge on any atom is -0.206 e. The van der Waals surface area contributed by atoms with E-state index in [2.05, 4.69) is 15.9 Å². The van der Waals surface area contributed by atoms with Crippen LogP contribution in [-0.4, -0.2) is 5.88 Å². The monoisotopic (exact) mass is 264 g/mol. The van der Waals surface area contributed by atoms with E-state index in [0.29, 0.717) is 16.3 Å². The summed E-state index contributed by atoms with van der Waals surface area (Å²) in [6, 6.07) is 5.07. The SMILES string of the molecule is CC(CCl)Cc1cccc(F)c1Br. The quantitative estimate of drug-likeness (QED) is 0.725. The topological polar surface area (TPSA) is 0 Å². The summed E-state index contributed by atoms with van der Waals surface area (Å²) in [7, 11) is 0. The number of hydrogen-bond acceptors (Lipinski definition) is 0. The molecule has 0 aliphatic carbocycles. The molecule has 0 amide bonds. The van der Waals surface area contributed by atoms with E-state index in [1.165, 1.54) is 6.07 Å². The highest BCUT2D eigenvalue weighted by Gasteiger charge is 2.08. The van der Waals surface area contributed by atoms with E-state index < -0.39 is 0 Å². The molecule has 0 aliphatic heterocycles. The number of alkyl halides is 1. The van der Waals surface area contributed by atoms with Crippen LogP contribution >= 0.6 is 27.5 Å². The molecule has 0 bridgehead atoms. The van der Waals surface area contributed by atoms with Crippen molar-refractivity contribution in [1.29, 1.82) is 0 Å². The Hall–Kier alpha value is -0.0800. The average molecular weight is 266 g/mol. The lowest BCUT2D eigenvalue weighted by Crippen LogP contribution is -2.02. The summed E-state index contributed by atoms with van der Waals surface area (Å²) in [5, 5.41) is 0. The van der Waals surface area contributed by atoms with Crippen LogP contribution in [0.15, 0.2) is 22.7 Å². The molecule has 0 saturated heterocycles. The van der Waals surface area contributed by atoms with E-state index >= 15 is 0 Å². The Morgan fingerprint density at radius 1 is 1.54 bits per heavy atom. The van der Waals surface area contributed by atoms with Gasteiger partial charge in [-0.2, -0.15) is 0 Å². The Kier molecular flexibility index (Phi) is 4.20. The molecule has 0 heterocycles. The van der Waals surface area contributed by atoms with Gasteiger partial charge in [0.25, 0.3) is 0 Å². The first-order valence-electron chi connectivity index (χ1n) is 4.14. The van der Waals surface area contributed by atoms with Crippen LogP contribution in [0.5, 0.6) is 0 Å². The van der Waals surface area contributed by atoms with Crippen molar-refractivity contribution in [2.24, 2.45) is 5.92 Å². The maximum atomic E-state index is 13.1. The Morgan fingerprint density at radius 2 is 2.23 bits per heavy atom. The standard InChI is InChI=1S/C10H11BrClF/c1-7(6-12)5-8-3-2-4-9(13)10(8)11/h2-4,7H,5-6H2,1H3. The first kappa shape index (κ1) is 11.0. The molecule has 0 N–H and O–H groups in total. The number of rotatable bonds is 3. The molecule has 0 fully saturated rings. The fraction of sp³-hybridized carbons (Fsp3) is 0.400. The zero-order chi connectivity index (χ0) is 9.84. The predicted molar refractivity (Wildman–Crippen MR) is 57.7 cm³/mol. The third-order valence-corrected chi connectivity index (χ3v) is 3.28. The van der Waals surface area contributed by atoms with E-state index in [1.54, 1.807) is 6.07 Å². The van der Waals surface area contributed by atoms with Gasteiger partial charge in [-0.15, -0.1) is 11.6 Å². The Bertz CT molecular complexity index is 288. The molecule has 1 aromatic rings. The largest absolute Gasteiger partial charge is 0.206 e. The smallest absolute Gasteiger partial charge is 0.137 e. The van der Waals surface area contributed by atoms with Gasteiger partial charge >= 0.3 is 0 Å². The Balaban J connectivity index is 2.83. The second-order valence-electron chi connectivity index (χ2n) is 3.18. The van der Waals surface area contributed by atoms with Gasteiger partial charge in [-0.25, -0.2) is 4.39 Å². The van der Waals surface area contributed by atoms with Crippen molar-refractivity contribution in [1.82, 2.24) is 0 Å². The lowest BCUT2D eigenvalue weighted by molar-refractivity contribution is 0.607. The fourth-order valence-corrected chi connectivity index (χ4v) is 1.67. The maximum absolute atomic E-state index is 13.1. The summed E-state index contributed by atoms with van der Waals surface area (Å²) in [5.41, 5.74) is 0.980. The van der Waals surface area contributed by atoms with Gasteiger partial charge in [0, 0.05) is 5.88 Å². The van der Waals surface area contributed by atoms with Crippen molar-refractivity contribution in [2.45, 2.75) is 13.3 Å². The van der Waals surface area contributed by atoms with Crippen LogP contribution in [0, 0.1) is 11.7 Å². The van der Waals surface area contributed by atoms with Crippen molar-refractivity contribution in [2.75, 3.05) is 5.88 Å². The molecule has 0 aromatic heterocycles. The highest BCUT2D eigenvalue weighted by molar-refractivity contribution is 9.10. The third-order valence-electron chi connectivity index (χ3n) is 1.86. The molecular weight excluding hydrogens is 254 g/mol. The van der Waals surface area contributed by atoms with Gasteiger partial charge in [0.05, 0.1) is 4.47 Å². The molecule has 0 radical (unpaired) electrons. The van der Waals surface area contributed by atoms with Gasteiger partial charge < -0.3 is 0 Å². The normalized spacial score (nSPS) is 12.9. The highest BCUT2D eigenvalue weighted by Crippen LogP contribution is 2.23. The van der Waals surface area contributed by atoms with Gasteiger partial charge in [0.2, 0.25) is 0 Å². The lowest BCUT2D eigenvalue weighted by Gasteiger charge is -2.09. The molecule has 0 nitrogen and oxygen atoms in total. The van der Waals surface area contributed by atoms with Gasteiger partial charge in [0.15, 0.2) is 0 Å². The van der Waals surface area contributed by atoms with Crippen LogP contribution in [0.25, 0.3) is 0 Å². The Labute approximate surface area is 91.2 Å². The molecule has 0 spiro atoms. The second kappa shape index (κ2) is 4.97. The molecule has 1 atom stereocenters. The first-order valence-corrected chi connectivity index (χ1v) is 5.46. The zero-order valence-corrected chi connectivity index (χ0v) is 9.70. The van der Waals surface area contributed by atoms with Crippen LogP contribution in [0.2, 0.25) is 0 Å². The van der Waals surface area contributed by atoms with E-state index in [0.717, 1.165) is 12.0 Å². The summed E-state index contributed by atoms with van der Waals surface area (Å²) in [6.07, 6.45) is 0.807.